The number of carbonyl (C=O) groups excluding carboxylic acids is 1. The summed E-state index contributed by atoms with van der Waals surface area (Å²) in [5, 5.41) is 2.35. The first-order chi connectivity index (χ1) is 11.5. The fraction of sp³-hybridized carbons (Fsp3) is 0.188. The van der Waals surface area contributed by atoms with Crippen LogP contribution in [-0.4, -0.2) is 12.3 Å². The first-order valence-corrected chi connectivity index (χ1v) is 6.85. The van der Waals surface area contributed by atoms with Crippen LogP contribution in [0.3, 0.4) is 0 Å². The minimum absolute atomic E-state index is 0.0682. The number of carbonyl (C=O) groups is 1. The predicted octanol–water partition coefficient (Wildman–Crippen LogP) is 4.79. The van der Waals surface area contributed by atoms with E-state index in [0.29, 0.717) is 5.56 Å². The molecule has 0 fully saturated rings. The minimum atomic E-state index is -4.86. The smallest absolute Gasteiger partial charge is 0.406 e. The third kappa shape index (κ3) is 6.02. The lowest BCUT2D eigenvalue weighted by atomic mass is 10.1. The number of hydrogen-bond acceptors (Lipinski definition) is 2. The van der Waals surface area contributed by atoms with Crippen molar-refractivity contribution in [3.8, 4) is 5.75 Å². The van der Waals surface area contributed by atoms with Crippen LogP contribution in [-0.2, 0) is 17.4 Å². The van der Waals surface area contributed by atoms with Gasteiger partial charge in [-0.05, 0) is 29.8 Å². The number of ether oxygens (including phenoxy) is 1. The van der Waals surface area contributed by atoms with Crippen molar-refractivity contribution in [3.05, 3.63) is 59.7 Å². The third-order valence-electron chi connectivity index (χ3n) is 3.00. The SMILES string of the molecule is O=C(Cc1ccc(C(F)(F)F)cc1)Nc1cccc(OC(F)(F)F)c1. The van der Waals surface area contributed by atoms with Crippen LogP contribution in [0.2, 0.25) is 0 Å². The van der Waals surface area contributed by atoms with E-state index >= 15 is 0 Å². The van der Waals surface area contributed by atoms with Gasteiger partial charge < -0.3 is 10.1 Å². The van der Waals surface area contributed by atoms with Crippen molar-refractivity contribution in [2.45, 2.75) is 19.0 Å². The van der Waals surface area contributed by atoms with E-state index in [4.69, 9.17) is 0 Å². The van der Waals surface area contributed by atoms with Gasteiger partial charge in [0.25, 0.3) is 0 Å². The zero-order chi connectivity index (χ0) is 18.7. The van der Waals surface area contributed by atoms with Crippen LogP contribution < -0.4 is 10.1 Å². The molecule has 0 unspecified atom stereocenters. The van der Waals surface area contributed by atoms with Crippen LogP contribution in [0.25, 0.3) is 0 Å². The summed E-state index contributed by atoms with van der Waals surface area (Å²) in [5.74, 6) is -1.09. The largest absolute Gasteiger partial charge is 0.573 e. The van der Waals surface area contributed by atoms with Crippen LogP contribution >= 0.6 is 0 Å². The molecule has 1 N–H and O–H groups in total. The fourth-order valence-electron chi connectivity index (χ4n) is 1.97. The van der Waals surface area contributed by atoms with Crippen molar-refractivity contribution >= 4 is 11.6 Å². The van der Waals surface area contributed by atoms with Crippen LogP contribution in [0.1, 0.15) is 11.1 Å². The van der Waals surface area contributed by atoms with Crippen molar-refractivity contribution in [2.24, 2.45) is 0 Å². The van der Waals surface area contributed by atoms with Gasteiger partial charge in [-0.2, -0.15) is 13.2 Å². The molecular formula is C16H11F6NO2. The van der Waals surface area contributed by atoms with Crippen LogP contribution in [0.5, 0.6) is 5.75 Å². The van der Waals surface area contributed by atoms with Crippen LogP contribution in [0.15, 0.2) is 48.5 Å². The number of halogens is 6. The lowest BCUT2D eigenvalue weighted by Crippen LogP contribution is -2.18. The summed E-state index contributed by atoms with van der Waals surface area (Å²) in [4.78, 5) is 11.9. The number of nitrogens with one attached hydrogen (secondary N) is 1. The zero-order valence-corrected chi connectivity index (χ0v) is 12.4. The van der Waals surface area contributed by atoms with E-state index in [1.807, 2.05) is 0 Å². The molecule has 3 nitrogen and oxygen atoms in total. The summed E-state index contributed by atoms with van der Waals surface area (Å²) in [6.45, 7) is 0. The van der Waals surface area contributed by atoms with Crippen molar-refractivity contribution in [3.63, 3.8) is 0 Å². The van der Waals surface area contributed by atoms with E-state index in [1.54, 1.807) is 0 Å². The van der Waals surface area contributed by atoms with Gasteiger partial charge in [-0.25, -0.2) is 0 Å². The second kappa shape index (κ2) is 7.04. The van der Waals surface area contributed by atoms with Gasteiger partial charge in [0.1, 0.15) is 5.75 Å². The van der Waals surface area contributed by atoms with Gasteiger partial charge in [-0.3, -0.25) is 4.79 Å². The lowest BCUT2D eigenvalue weighted by Gasteiger charge is -2.11. The number of hydrogen-bond donors (Lipinski definition) is 1. The Hall–Kier alpha value is -2.71. The molecule has 0 spiro atoms. The summed E-state index contributed by atoms with van der Waals surface area (Å²) >= 11 is 0. The van der Waals surface area contributed by atoms with Crippen molar-refractivity contribution in [1.29, 1.82) is 0 Å². The quantitative estimate of drug-likeness (QED) is 0.794. The monoisotopic (exact) mass is 363 g/mol. The first-order valence-electron chi connectivity index (χ1n) is 6.85. The molecule has 1 amide bonds. The summed E-state index contributed by atoms with van der Waals surface area (Å²) in [7, 11) is 0. The van der Waals surface area contributed by atoms with Crippen molar-refractivity contribution in [1.82, 2.24) is 0 Å². The van der Waals surface area contributed by atoms with Gasteiger partial charge in [0.15, 0.2) is 0 Å². The number of benzene rings is 2. The van der Waals surface area contributed by atoms with E-state index in [9.17, 15) is 31.1 Å². The van der Waals surface area contributed by atoms with E-state index < -0.39 is 29.8 Å². The summed E-state index contributed by atoms with van der Waals surface area (Å²) in [5.41, 5.74) is -0.444. The second-order valence-electron chi connectivity index (χ2n) is 5.00. The van der Waals surface area contributed by atoms with E-state index in [0.717, 1.165) is 36.4 Å². The molecule has 2 aromatic carbocycles. The van der Waals surface area contributed by atoms with E-state index in [1.165, 1.54) is 12.1 Å². The second-order valence-corrected chi connectivity index (χ2v) is 5.00. The average Bonchev–Trinajstić information content (AvgIpc) is 2.45. The molecule has 0 aliphatic rings. The van der Waals surface area contributed by atoms with Gasteiger partial charge in [0, 0.05) is 11.8 Å². The molecule has 0 atom stereocenters. The van der Waals surface area contributed by atoms with Gasteiger partial charge >= 0.3 is 12.5 Å². The highest BCUT2D eigenvalue weighted by Gasteiger charge is 2.31. The molecule has 0 aromatic heterocycles. The Bertz CT molecular complexity index is 738. The van der Waals surface area contributed by atoms with Crippen LogP contribution in [0.4, 0.5) is 32.0 Å². The molecule has 2 aromatic rings. The molecule has 134 valence electrons. The summed E-state index contributed by atoms with van der Waals surface area (Å²) in [6.07, 6.45) is -9.56. The zero-order valence-electron chi connectivity index (χ0n) is 12.4. The molecule has 0 saturated carbocycles. The standard InChI is InChI=1S/C16H11F6NO2/c17-15(18,19)11-6-4-10(5-7-11)8-14(24)23-12-2-1-3-13(9-12)25-16(20,21)22/h1-7,9H,8H2,(H,23,24). The number of amides is 1. The maximum Gasteiger partial charge on any atom is 0.573 e. The lowest BCUT2D eigenvalue weighted by molar-refractivity contribution is -0.274. The Balaban J connectivity index is 1.99. The molecule has 0 aliphatic carbocycles. The Labute approximate surface area is 138 Å². The van der Waals surface area contributed by atoms with Gasteiger partial charge in [-0.1, -0.05) is 18.2 Å². The van der Waals surface area contributed by atoms with Gasteiger partial charge in [-0.15, -0.1) is 13.2 Å². The molecular weight excluding hydrogens is 352 g/mol. The first kappa shape index (κ1) is 18.6. The highest BCUT2D eigenvalue weighted by atomic mass is 19.4. The van der Waals surface area contributed by atoms with E-state index in [-0.39, 0.29) is 12.1 Å². The minimum Gasteiger partial charge on any atom is -0.406 e. The maximum atomic E-state index is 12.5. The highest BCUT2D eigenvalue weighted by Crippen LogP contribution is 2.29. The van der Waals surface area contributed by atoms with Crippen LogP contribution in [0, 0.1) is 0 Å². The number of rotatable bonds is 4. The Morgan fingerprint density at radius 2 is 1.60 bits per heavy atom. The molecule has 0 aliphatic heterocycles. The topological polar surface area (TPSA) is 38.3 Å². The Morgan fingerprint density at radius 3 is 2.16 bits per heavy atom. The number of anilines is 1. The molecule has 25 heavy (non-hydrogen) atoms. The molecule has 0 bridgehead atoms. The van der Waals surface area contributed by atoms with Gasteiger partial charge in [0.2, 0.25) is 5.91 Å². The predicted molar refractivity (Wildman–Crippen MR) is 76.9 cm³/mol. The van der Waals surface area contributed by atoms with Crippen molar-refractivity contribution in [2.75, 3.05) is 5.32 Å². The summed E-state index contributed by atoms with van der Waals surface area (Å²) < 4.78 is 77.5. The molecule has 0 heterocycles. The number of alkyl halides is 6. The highest BCUT2D eigenvalue weighted by molar-refractivity contribution is 5.92. The molecule has 2 rings (SSSR count). The Morgan fingerprint density at radius 1 is 0.960 bits per heavy atom. The van der Waals surface area contributed by atoms with E-state index in [2.05, 4.69) is 10.1 Å². The fourth-order valence-corrected chi connectivity index (χ4v) is 1.97. The Kier molecular flexibility index (Phi) is 5.24. The maximum absolute atomic E-state index is 12.5. The molecule has 0 radical (unpaired) electrons. The van der Waals surface area contributed by atoms with Crippen molar-refractivity contribution < 1.29 is 35.9 Å². The normalized spacial score (nSPS) is 11.9. The summed E-state index contributed by atoms with van der Waals surface area (Å²) in [6, 6.07) is 8.68. The van der Waals surface area contributed by atoms with Gasteiger partial charge in [0.05, 0.1) is 12.0 Å². The molecule has 9 heteroatoms. The molecule has 0 saturated heterocycles. The third-order valence-corrected chi connectivity index (χ3v) is 3.00. The average molecular weight is 363 g/mol.